The molecule has 1 aromatic heterocycles. The Morgan fingerprint density at radius 1 is 1.40 bits per heavy atom. The fourth-order valence-electron chi connectivity index (χ4n) is 4.42. The number of rotatable bonds is 5. The van der Waals surface area contributed by atoms with Crippen LogP contribution >= 0.6 is 0 Å². The van der Waals surface area contributed by atoms with Crippen LogP contribution in [0, 0.1) is 19.8 Å². The topological polar surface area (TPSA) is 56.1 Å². The predicted octanol–water partition coefficient (Wildman–Crippen LogP) is 2.99. The minimum atomic E-state index is 0.0779. The number of hydrogen-bond acceptors (Lipinski definition) is 3. The van der Waals surface area contributed by atoms with Gasteiger partial charge in [0.05, 0.1) is 30.2 Å². The summed E-state index contributed by atoms with van der Waals surface area (Å²) in [4.78, 5) is 12.9. The molecule has 2 aliphatic rings. The average molecular weight is 339 g/mol. The van der Waals surface area contributed by atoms with Crippen LogP contribution in [-0.4, -0.2) is 29.4 Å². The van der Waals surface area contributed by atoms with Crippen LogP contribution in [0.5, 0.6) is 0 Å². The van der Waals surface area contributed by atoms with E-state index in [0.717, 1.165) is 36.3 Å². The Hall–Kier alpha value is -2.14. The van der Waals surface area contributed by atoms with Crippen molar-refractivity contribution < 1.29 is 9.53 Å². The van der Waals surface area contributed by atoms with Crippen LogP contribution in [0.2, 0.25) is 0 Å². The Bertz CT molecular complexity index is 826. The van der Waals surface area contributed by atoms with Crippen LogP contribution in [0.15, 0.2) is 24.3 Å². The van der Waals surface area contributed by atoms with Crippen LogP contribution in [0.4, 0.5) is 5.69 Å². The van der Waals surface area contributed by atoms with Gasteiger partial charge in [-0.1, -0.05) is 24.3 Å². The third kappa shape index (κ3) is 2.58. The molecule has 1 heterocycles. The molecule has 0 unspecified atom stereocenters. The van der Waals surface area contributed by atoms with Crippen molar-refractivity contribution in [1.82, 2.24) is 9.78 Å². The summed E-state index contributed by atoms with van der Waals surface area (Å²) in [7, 11) is 1.68. The molecule has 1 aromatic carbocycles. The Morgan fingerprint density at radius 3 is 3.00 bits per heavy atom. The molecule has 1 amide bonds. The molecule has 132 valence electrons. The van der Waals surface area contributed by atoms with Crippen molar-refractivity contribution in [2.45, 2.75) is 45.1 Å². The van der Waals surface area contributed by atoms with Crippen molar-refractivity contribution in [1.29, 1.82) is 0 Å². The van der Waals surface area contributed by atoms with E-state index in [-0.39, 0.29) is 17.2 Å². The maximum absolute atomic E-state index is 12.9. The van der Waals surface area contributed by atoms with E-state index in [9.17, 15) is 4.79 Å². The van der Waals surface area contributed by atoms with Crippen molar-refractivity contribution >= 4 is 11.6 Å². The molecule has 4 rings (SSSR count). The largest absolute Gasteiger partial charge is 0.383 e. The number of methoxy groups -OCH3 is 1. The van der Waals surface area contributed by atoms with E-state index in [1.807, 2.05) is 18.5 Å². The van der Waals surface area contributed by atoms with Crippen molar-refractivity contribution in [3.8, 4) is 0 Å². The summed E-state index contributed by atoms with van der Waals surface area (Å²) in [6.07, 6.45) is 3.15. The van der Waals surface area contributed by atoms with Gasteiger partial charge >= 0.3 is 0 Å². The van der Waals surface area contributed by atoms with Gasteiger partial charge in [0, 0.05) is 18.4 Å². The lowest BCUT2D eigenvalue weighted by atomic mass is 9.95. The minimum absolute atomic E-state index is 0.0779. The fourth-order valence-corrected chi connectivity index (χ4v) is 4.42. The van der Waals surface area contributed by atoms with E-state index in [1.165, 1.54) is 11.1 Å². The fraction of sp³-hybridized carbons (Fsp3) is 0.500. The zero-order valence-electron chi connectivity index (χ0n) is 15.1. The lowest BCUT2D eigenvalue weighted by Gasteiger charge is -2.12. The number of amides is 1. The highest BCUT2D eigenvalue weighted by atomic mass is 16.5. The van der Waals surface area contributed by atoms with E-state index >= 15 is 0 Å². The lowest BCUT2D eigenvalue weighted by molar-refractivity contribution is -0.117. The van der Waals surface area contributed by atoms with Crippen molar-refractivity contribution in [3.63, 3.8) is 0 Å². The number of carbonyl (C=O) groups excluding carboxylic acids is 1. The number of benzene rings is 1. The quantitative estimate of drug-likeness (QED) is 0.911. The third-order valence-corrected chi connectivity index (χ3v) is 5.92. The Kier molecular flexibility index (Phi) is 3.91. The molecule has 5 nitrogen and oxygen atoms in total. The van der Waals surface area contributed by atoms with Gasteiger partial charge in [-0.15, -0.1) is 0 Å². The van der Waals surface area contributed by atoms with E-state index in [4.69, 9.17) is 4.74 Å². The predicted molar refractivity (Wildman–Crippen MR) is 96.8 cm³/mol. The summed E-state index contributed by atoms with van der Waals surface area (Å²) in [6, 6.07) is 8.59. The van der Waals surface area contributed by atoms with E-state index < -0.39 is 0 Å². The Morgan fingerprint density at radius 2 is 2.20 bits per heavy atom. The second-order valence-corrected chi connectivity index (χ2v) is 7.32. The molecular weight excluding hydrogens is 314 g/mol. The van der Waals surface area contributed by atoms with Crippen molar-refractivity contribution in [3.05, 3.63) is 46.8 Å². The number of nitrogens with zero attached hydrogens (tertiary/aromatic N) is 2. The first-order valence-corrected chi connectivity index (χ1v) is 8.99. The summed E-state index contributed by atoms with van der Waals surface area (Å²) in [5.74, 6) is 0.214. The number of aromatic nitrogens is 2. The molecule has 2 aromatic rings. The zero-order chi connectivity index (χ0) is 17.6. The van der Waals surface area contributed by atoms with Crippen LogP contribution in [0.1, 0.15) is 35.4 Å². The number of carbonyl (C=O) groups is 1. The minimum Gasteiger partial charge on any atom is -0.383 e. The molecule has 1 saturated carbocycles. The van der Waals surface area contributed by atoms with Gasteiger partial charge in [-0.05, 0) is 44.2 Å². The summed E-state index contributed by atoms with van der Waals surface area (Å²) in [5.41, 5.74) is 5.59. The molecular formula is C20H25N3O2. The third-order valence-electron chi connectivity index (χ3n) is 5.92. The van der Waals surface area contributed by atoms with Gasteiger partial charge in [-0.3, -0.25) is 9.48 Å². The summed E-state index contributed by atoms with van der Waals surface area (Å²) in [6.45, 7) is 5.25. The highest BCUT2D eigenvalue weighted by Crippen LogP contribution is 2.61. The van der Waals surface area contributed by atoms with Crippen molar-refractivity contribution in [2.75, 3.05) is 19.0 Å². The summed E-state index contributed by atoms with van der Waals surface area (Å²) in [5, 5.41) is 7.68. The van der Waals surface area contributed by atoms with Gasteiger partial charge in [-0.2, -0.15) is 5.10 Å². The van der Waals surface area contributed by atoms with E-state index in [0.29, 0.717) is 13.2 Å². The molecule has 1 fully saturated rings. The lowest BCUT2D eigenvalue weighted by Crippen LogP contribution is -2.20. The average Bonchev–Trinajstić information content (AvgIpc) is 3.15. The number of aryl methyl sites for hydroxylation is 2. The molecule has 25 heavy (non-hydrogen) atoms. The number of anilines is 1. The smallest absolute Gasteiger partial charge is 0.228 e. The molecule has 0 bridgehead atoms. The number of nitrogens with one attached hydrogen (secondary N) is 1. The molecule has 1 spiro atoms. The van der Waals surface area contributed by atoms with Gasteiger partial charge in [0.2, 0.25) is 5.91 Å². The number of ether oxygens (including phenoxy) is 1. The maximum atomic E-state index is 12.9. The molecule has 0 saturated heterocycles. The monoisotopic (exact) mass is 339 g/mol. The first-order chi connectivity index (χ1) is 12.1. The van der Waals surface area contributed by atoms with Gasteiger partial charge < -0.3 is 10.1 Å². The first kappa shape index (κ1) is 16.3. The van der Waals surface area contributed by atoms with E-state index in [1.54, 1.807) is 7.11 Å². The standard InChI is InChI=1S/C20H25N3O2/c1-13-18(14(2)23(22-13)10-11-25-3)21-19(24)17-12-20(17)9-8-15-6-4-5-7-16(15)20/h4-7,17H,8-12H2,1-3H3,(H,21,24)/t17-,20+/m1/s1. The van der Waals surface area contributed by atoms with Gasteiger partial charge in [0.1, 0.15) is 0 Å². The SMILES string of the molecule is COCCn1nc(C)c(NC(=O)[C@H]2C[C@]23CCc2ccccc23)c1C. The summed E-state index contributed by atoms with van der Waals surface area (Å²) >= 11 is 0. The molecule has 0 radical (unpaired) electrons. The molecule has 1 N–H and O–H groups in total. The van der Waals surface area contributed by atoms with Crippen LogP contribution in [0.25, 0.3) is 0 Å². The Labute approximate surface area is 148 Å². The molecule has 2 atom stereocenters. The van der Waals surface area contributed by atoms with Gasteiger partial charge in [0.25, 0.3) is 0 Å². The highest BCUT2D eigenvalue weighted by Gasteiger charge is 2.61. The van der Waals surface area contributed by atoms with Gasteiger partial charge in [0.15, 0.2) is 0 Å². The normalized spacial score (nSPS) is 23.7. The van der Waals surface area contributed by atoms with Crippen molar-refractivity contribution in [2.24, 2.45) is 5.92 Å². The maximum Gasteiger partial charge on any atom is 0.228 e. The molecule has 2 aliphatic carbocycles. The van der Waals surface area contributed by atoms with Crippen LogP contribution in [-0.2, 0) is 27.9 Å². The first-order valence-electron chi connectivity index (χ1n) is 8.99. The Balaban J connectivity index is 1.51. The van der Waals surface area contributed by atoms with E-state index in [2.05, 4.69) is 34.7 Å². The zero-order valence-corrected chi connectivity index (χ0v) is 15.1. The highest BCUT2D eigenvalue weighted by molar-refractivity contribution is 5.97. The molecule has 5 heteroatoms. The van der Waals surface area contributed by atoms with Crippen LogP contribution < -0.4 is 5.32 Å². The van der Waals surface area contributed by atoms with Crippen LogP contribution in [0.3, 0.4) is 0 Å². The number of hydrogen-bond donors (Lipinski definition) is 1. The number of fused-ring (bicyclic) bond motifs is 2. The second kappa shape index (κ2) is 5.99. The van der Waals surface area contributed by atoms with Gasteiger partial charge in [-0.25, -0.2) is 0 Å². The molecule has 0 aliphatic heterocycles. The summed E-state index contributed by atoms with van der Waals surface area (Å²) < 4.78 is 7.03. The second-order valence-electron chi connectivity index (χ2n) is 7.32.